The molecule has 1 aliphatic heterocycles. The topological polar surface area (TPSA) is 12.5 Å². The van der Waals surface area contributed by atoms with Gasteiger partial charge >= 0.3 is 5.88 Å². The van der Waals surface area contributed by atoms with Crippen LogP contribution in [-0.2, 0) is 4.74 Å². The van der Waals surface area contributed by atoms with Crippen molar-refractivity contribution in [2.75, 3.05) is 20.1 Å². The van der Waals surface area contributed by atoms with Gasteiger partial charge in [0.05, 0.1) is 20.1 Å². The van der Waals surface area contributed by atoms with E-state index in [4.69, 9.17) is 4.74 Å². The molecule has 0 aromatic heterocycles. The van der Waals surface area contributed by atoms with Crippen molar-refractivity contribution in [3.63, 3.8) is 0 Å². The lowest BCUT2D eigenvalue weighted by molar-refractivity contribution is -0.876. The Morgan fingerprint density at radius 3 is 2.55 bits per heavy atom. The molecule has 5 unspecified atom stereocenters. The number of quaternary nitrogens is 1. The number of unbranched alkanes of at least 4 members (excludes halogenated alkanes) is 2. The zero-order valence-corrected chi connectivity index (χ0v) is 15.8. The highest BCUT2D eigenvalue weighted by Gasteiger charge is 2.48. The Morgan fingerprint density at radius 1 is 1.18 bits per heavy atom. The first-order chi connectivity index (χ1) is 10.4. The van der Waals surface area contributed by atoms with Crippen LogP contribution in [0, 0.1) is 23.7 Å². The van der Waals surface area contributed by atoms with Crippen LogP contribution in [0.1, 0.15) is 73.1 Å². The predicted molar refractivity (Wildman–Crippen MR) is 94.1 cm³/mol. The number of hydrogen-bond donors (Lipinski definition) is 0. The minimum absolute atomic E-state index is 0.614. The molecule has 0 amide bonds. The van der Waals surface area contributed by atoms with Crippen molar-refractivity contribution >= 4 is 0 Å². The number of rotatable bonds is 8. The van der Waals surface area contributed by atoms with Gasteiger partial charge in [-0.05, 0) is 43.9 Å². The van der Waals surface area contributed by atoms with Crippen LogP contribution in [0.25, 0.3) is 0 Å². The molecule has 2 nitrogen and oxygen atoms in total. The molecule has 0 bridgehead atoms. The lowest BCUT2D eigenvalue weighted by atomic mass is 9.70. The molecule has 0 aromatic carbocycles. The molecule has 1 saturated carbocycles. The SMILES string of the molecule is CCCCC[N+](C)(CC)C1=C(C(C)C2CC(C)CCC2C)O1. The van der Waals surface area contributed by atoms with Gasteiger partial charge in [-0.25, -0.2) is 0 Å². The Balaban J connectivity index is 2.02. The van der Waals surface area contributed by atoms with Crippen LogP contribution in [0.3, 0.4) is 0 Å². The van der Waals surface area contributed by atoms with E-state index in [2.05, 4.69) is 41.7 Å². The third-order valence-electron chi connectivity index (χ3n) is 6.40. The third kappa shape index (κ3) is 3.88. The van der Waals surface area contributed by atoms with Crippen molar-refractivity contribution in [1.29, 1.82) is 0 Å². The van der Waals surface area contributed by atoms with E-state index in [9.17, 15) is 0 Å². The van der Waals surface area contributed by atoms with Gasteiger partial charge in [0.15, 0.2) is 0 Å². The van der Waals surface area contributed by atoms with Crippen molar-refractivity contribution in [2.24, 2.45) is 23.7 Å². The molecule has 1 aliphatic carbocycles. The lowest BCUT2D eigenvalue weighted by Gasteiger charge is -2.35. The first-order valence-electron chi connectivity index (χ1n) is 9.70. The summed E-state index contributed by atoms with van der Waals surface area (Å²) >= 11 is 0. The second-order valence-electron chi connectivity index (χ2n) is 8.26. The van der Waals surface area contributed by atoms with E-state index in [0.29, 0.717) is 5.92 Å². The van der Waals surface area contributed by atoms with Crippen LogP contribution in [0.2, 0.25) is 0 Å². The fourth-order valence-corrected chi connectivity index (χ4v) is 4.32. The van der Waals surface area contributed by atoms with Gasteiger partial charge in [-0.2, -0.15) is 0 Å². The first kappa shape index (κ1) is 17.8. The Bertz CT molecular complexity index is 403. The molecular weight excluding hydrogens is 270 g/mol. The van der Waals surface area contributed by atoms with E-state index >= 15 is 0 Å². The van der Waals surface area contributed by atoms with E-state index in [0.717, 1.165) is 28.8 Å². The van der Waals surface area contributed by atoms with E-state index in [1.54, 1.807) is 0 Å². The van der Waals surface area contributed by atoms with E-state index in [-0.39, 0.29) is 0 Å². The van der Waals surface area contributed by atoms with Gasteiger partial charge in [0, 0.05) is 5.92 Å². The minimum atomic E-state index is 0.614. The van der Waals surface area contributed by atoms with Crippen LogP contribution in [0.15, 0.2) is 11.6 Å². The minimum Gasteiger partial charge on any atom is -0.404 e. The maximum Gasteiger partial charge on any atom is 0.337 e. The standard InChI is InChI=1S/C20H38NO/c1-7-9-10-13-21(6,8-2)20-19(22-20)17(5)18-14-15(3)11-12-16(18)4/h15-18H,7-14H2,1-6H3/q+1. The molecule has 1 fully saturated rings. The number of hydrogen-bond acceptors (Lipinski definition) is 1. The van der Waals surface area contributed by atoms with E-state index in [1.807, 2.05) is 0 Å². The summed E-state index contributed by atoms with van der Waals surface area (Å²) in [7, 11) is 2.36. The molecule has 2 rings (SSSR count). The average Bonchev–Trinajstić information content (AvgIpc) is 3.30. The van der Waals surface area contributed by atoms with Crippen molar-refractivity contribution < 1.29 is 9.22 Å². The monoisotopic (exact) mass is 308 g/mol. The van der Waals surface area contributed by atoms with Gasteiger partial charge in [0.25, 0.3) is 0 Å². The molecule has 5 atom stereocenters. The summed E-state index contributed by atoms with van der Waals surface area (Å²) in [5, 5.41) is 0. The summed E-state index contributed by atoms with van der Waals surface area (Å²) < 4.78 is 7.12. The quantitative estimate of drug-likeness (QED) is 0.423. The summed E-state index contributed by atoms with van der Waals surface area (Å²) in [6, 6.07) is 0. The van der Waals surface area contributed by atoms with Crippen molar-refractivity contribution in [2.45, 2.75) is 73.1 Å². The van der Waals surface area contributed by atoms with Crippen molar-refractivity contribution in [3.8, 4) is 0 Å². The van der Waals surface area contributed by atoms with Gasteiger partial charge in [-0.15, -0.1) is 0 Å². The molecule has 0 N–H and O–H groups in total. The van der Waals surface area contributed by atoms with Gasteiger partial charge < -0.3 is 4.74 Å². The van der Waals surface area contributed by atoms with Crippen molar-refractivity contribution in [1.82, 2.24) is 0 Å². The lowest BCUT2D eigenvalue weighted by Crippen LogP contribution is -2.41. The molecule has 0 spiro atoms. The summed E-state index contributed by atoms with van der Waals surface area (Å²) in [6.07, 6.45) is 8.14. The summed E-state index contributed by atoms with van der Waals surface area (Å²) in [6.45, 7) is 14.2. The summed E-state index contributed by atoms with van der Waals surface area (Å²) in [5.41, 5.74) is 0. The molecular formula is C20H38NO+. The second-order valence-corrected chi connectivity index (χ2v) is 8.26. The maximum absolute atomic E-state index is 6.11. The van der Waals surface area contributed by atoms with Crippen LogP contribution in [0.4, 0.5) is 0 Å². The fourth-order valence-electron chi connectivity index (χ4n) is 4.32. The molecule has 22 heavy (non-hydrogen) atoms. The first-order valence-corrected chi connectivity index (χ1v) is 9.70. The van der Waals surface area contributed by atoms with Crippen LogP contribution in [0.5, 0.6) is 0 Å². The molecule has 0 radical (unpaired) electrons. The molecule has 2 aliphatic rings. The Hall–Kier alpha value is -0.500. The smallest absolute Gasteiger partial charge is 0.337 e. The van der Waals surface area contributed by atoms with Gasteiger partial charge in [0.2, 0.25) is 5.76 Å². The summed E-state index contributed by atoms with van der Waals surface area (Å²) in [5.74, 6) is 5.82. The Morgan fingerprint density at radius 2 is 1.91 bits per heavy atom. The third-order valence-corrected chi connectivity index (χ3v) is 6.40. The van der Waals surface area contributed by atoms with Crippen LogP contribution < -0.4 is 0 Å². The van der Waals surface area contributed by atoms with Crippen LogP contribution >= 0.6 is 0 Å². The van der Waals surface area contributed by atoms with Gasteiger partial charge in [-0.1, -0.05) is 47.0 Å². The average molecular weight is 309 g/mol. The fraction of sp³-hybridized carbons (Fsp3) is 0.900. The number of allylic oxidation sites excluding steroid dienone is 1. The van der Waals surface area contributed by atoms with Crippen LogP contribution in [-0.4, -0.2) is 24.6 Å². The number of nitrogens with zero attached hydrogens (tertiary/aromatic N) is 1. The molecule has 0 aromatic rings. The zero-order valence-electron chi connectivity index (χ0n) is 15.8. The van der Waals surface area contributed by atoms with Gasteiger partial charge in [0.1, 0.15) is 0 Å². The van der Waals surface area contributed by atoms with Crippen molar-refractivity contribution in [3.05, 3.63) is 11.6 Å². The predicted octanol–water partition coefficient (Wildman–Crippen LogP) is 5.55. The Labute approximate surface area is 138 Å². The molecule has 128 valence electrons. The molecule has 1 heterocycles. The zero-order chi connectivity index (χ0) is 16.3. The highest BCUT2D eigenvalue weighted by atomic mass is 16.6. The second kappa shape index (κ2) is 7.38. The maximum atomic E-state index is 6.11. The van der Waals surface area contributed by atoms with E-state index < -0.39 is 0 Å². The largest absolute Gasteiger partial charge is 0.404 e. The Kier molecular flexibility index (Phi) is 5.99. The highest BCUT2D eigenvalue weighted by Crippen LogP contribution is 2.47. The molecule has 2 heteroatoms. The number of ether oxygens (including phenoxy) is 1. The highest BCUT2D eigenvalue weighted by molar-refractivity contribution is 5.16. The summed E-state index contributed by atoms with van der Waals surface area (Å²) in [4.78, 5) is 0. The normalized spacial score (nSPS) is 32.4. The van der Waals surface area contributed by atoms with Gasteiger partial charge in [-0.3, -0.25) is 4.48 Å². The van der Waals surface area contributed by atoms with E-state index in [1.165, 1.54) is 56.7 Å². The molecule has 0 saturated heterocycles.